The van der Waals surface area contributed by atoms with Gasteiger partial charge in [-0.3, -0.25) is 9.79 Å². The smallest absolute Gasteiger partial charge is 0.251 e. The maximum Gasteiger partial charge on any atom is 0.251 e. The predicted molar refractivity (Wildman–Crippen MR) is 90.6 cm³/mol. The van der Waals surface area contributed by atoms with Gasteiger partial charge in [-0.25, -0.2) is 0 Å². The van der Waals surface area contributed by atoms with Gasteiger partial charge in [0.25, 0.3) is 5.91 Å². The Balaban J connectivity index is 2.42. The van der Waals surface area contributed by atoms with Crippen LogP contribution in [0, 0.1) is 0 Å². The summed E-state index contributed by atoms with van der Waals surface area (Å²) in [5.74, 6) is -0.0305. The number of aliphatic imine (C=N–C) groups is 1. The molecule has 1 rings (SSSR count). The lowest BCUT2D eigenvalue weighted by Gasteiger charge is -2.23. The van der Waals surface area contributed by atoms with Crippen molar-refractivity contribution in [2.75, 3.05) is 54.5 Å². The third-order valence-electron chi connectivity index (χ3n) is 3.12. The van der Waals surface area contributed by atoms with Crippen LogP contribution in [0.3, 0.4) is 0 Å². The molecule has 0 aliphatic carbocycles. The van der Waals surface area contributed by atoms with Crippen LogP contribution < -0.4 is 5.32 Å². The summed E-state index contributed by atoms with van der Waals surface area (Å²) < 4.78 is 5.80. The van der Waals surface area contributed by atoms with Gasteiger partial charge in [-0.1, -0.05) is 12.1 Å². The van der Waals surface area contributed by atoms with Gasteiger partial charge >= 0.3 is 0 Å². The number of nitrogens with zero attached hydrogens (tertiary/aromatic N) is 2. The molecule has 0 radical (unpaired) electrons. The summed E-state index contributed by atoms with van der Waals surface area (Å²) in [6, 6.07) is 7.48. The molecule has 0 saturated heterocycles. The molecule has 5 nitrogen and oxygen atoms in total. The van der Waals surface area contributed by atoms with Crippen molar-refractivity contribution in [2.24, 2.45) is 4.99 Å². The van der Waals surface area contributed by atoms with Crippen molar-refractivity contribution in [3.8, 4) is 0 Å². The van der Waals surface area contributed by atoms with Crippen LogP contribution >= 0.6 is 0 Å². The van der Waals surface area contributed by atoms with Crippen molar-refractivity contribution >= 4 is 12.1 Å². The monoisotopic (exact) mass is 306 g/mol. The number of methoxy groups -OCH3 is 1. The first kappa shape index (κ1) is 18.3. The second-order valence-corrected chi connectivity index (χ2v) is 6.27. The normalized spacial score (nSPS) is 11.8. The number of hydrogen-bond donors (Lipinski definition) is 1. The van der Waals surface area contributed by atoms with Crippen LogP contribution in [0.5, 0.6) is 0 Å². The second kappa shape index (κ2) is 9.33. The van der Waals surface area contributed by atoms with Crippen molar-refractivity contribution in [1.29, 1.82) is 0 Å². The quantitative estimate of drug-likeness (QED) is 0.428. The lowest BCUT2D eigenvalue weighted by molar-refractivity contribution is -0.869. The average Bonchev–Trinajstić information content (AvgIpc) is 2.46. The maximum atomic E-state index is 12.0. The molecule has 0 atom stereocenters. The maximum absolute atomic E-state index is 12.0. The van der Waals surface area contributed by atoms with Gasteiger partial charge in [0.05, 0.1) is 34.2 Å². The topological polar surface area (TPSA) is 50.7 Å². The van der Waals surface area contributed by atoms with Gasteiger partial charge in [0, 0.05) is 32.0 Å². The van der Waals surface area contributed by atoms with E-state index < -0.39 is 0 Å². The van der Waals surface area contributed by atoms with Crippen LogP contribution in [0.25, 0.3) is 0 Å². The van der Waals surface area contributed by atoms with E-state index in [1.54, 1.807) is 7.11 Å². The Kier molecular flexibility index (Phi) is 7.77. The Morgan fingerprint density at radius 1 is 1.27 bits per heavy atom. The van der Waals surface area contributed by atoms with Gasteiger partial charge in [-0.05, 0) is 24.1 Å². The summed E-state index contributed by atoms with van der Waals surface area (Å²) in [7, 11) is 8.00. The van der Waals surface area contributed by atoms with Gasteiger partial charge in [-0.2, -0.15) is 0 Å². The zero-order valence-corrected chi connectivity index (χ0v) is 14.1. The fraction of sp³-hybridized carbons (Fsp3) is 0.529. The lowest BCUT2D eigenvalue weighted by Crippen LogP contribution is -2.41. The zero-order valence-electron chi connectivity index (χ0n) is 14.1. The van der Waals surface area contributed by atoms with E-state index in [4.69, 9.17) is 4.74 Å². The van der Waals surface area contributed by atoms with Crippen molar-refractivity contribution in [1.82, 2.24) is 5.32 Å². The second-order valence-electron chi connectivity index (χ2n) is 6.27. The predicted octanol–water partition coefficient (Wildman–Crippen LogP) is 1.58. The molecule has 0 bridgehead atoms. The number of rotatable bonds is 9. The van der Waals surface area contributed by atoms with Gasteiger partial charge in [0.2, 0.25) is 0 Å². The highest BCUT2D eigenvalue weighted by Crippen LogP contribution is 2.03. The Labute approximate surface area is 133 Å². The van der Waals surface area contributed by atoms with Crippen molar-refractivity contribution in [3.63, 3.8) is 0 Å². The van der Waals surface area contributed by atoms with Gasteiger partial charge < -0.3 is 14.5 Å². The Morgan fingerprint density at radius 2 is 1.95 bits per heavy atom. The van der Waals surface area contributed by atoms with E-state index in [1.165, 1.54) is 0 Å². The number of quaternary nitrogens is 1. The summed E-state index contributed by atoms with van der Waals surface area (Å²) in [5.41, 5.74) is 1.68. The molecule has 0 spiro atoms. The highest BCUT2D eigenvalue weighted by molar-refractivity contribution is 5.95. The summed E-state index contributed by atoms with van der Waals surface area (Å²) in [5, 5.41) is 2.94. The fourth-order valence-corrected chi connectivity index (χ4v) is 1.80. The first-order valence-corrected chi connectivity index (χ1v) is 7.60. The summed E-state index contributed by atoms with van der Waals surface area (Å²) in [6.07, 6.45) is 2.74. The minimum absolute atomic E-state index is 0.0305. The third-order valence-corrected chi connectivity index (χ3v) is 3.12. The van der Waals surface area contributed by atoms with Crippen LogP contribution in [0.1, 0.15) is 22.3 Å². The zero-order chi connectivity index (χ0) is 16.4. The molecule has 1 amide bonds. The Morgan fingerprint density at radius 3 is 2.55 bits per heavy atom. The number of likely N-dealkylation sites (N-methyl/N-ethyl adjacent to an activating group) is 1. The third kappa shape index (κ3) is 7.90. The molecule has 0 fully saturated rings. The van der Waals surface area contributed by atoms with Crippen LogP contribution in [-0.4, -0.2) is 71.1 Å². The highest BCUT2D eigenvalue weighted by atomic mass is 16.5. The van der Waals surface area contributed by atoms with E-state index in [-0.39, 0.29) is 5.91 Å². The van der Waals surface area contributed by atoms with Crippen LogP contribution in [-0.2, 0) is 4.74 Å². The van der Waals surface area contributed by atoms with Crippen molar-refractivity contribution in [3.05, 3.63) is 35.4 Å². The standard InChI is InChI=1S/C17H27N3O2/c1-20(2,3)12-11-19-17(21)16-8-6-15(7-9-16)14-18-10-5-13-22-4/h6-9,14H,5,10-13H2,1-4H3/p+1. The number of carbonyl (C=O) groups is 1. The Bertz CT molecular complexity index is 476. The highest BCUT2D eigenvalue weighted by Gasteiger charge is 2.09. The number of nitrogens with one attached hydrogen (secondary N) is 1. The average molecular weight is 306 g/mol. The van der Waals surface area contributed by atoms with E-state index >= 15 is 0 Å². The summed E-state index contributed by atoms with van der Waals surface area (Å²) in [4.78, 5) is 16.3. The Hall–Kier alpha value is -1.72. The molecule has 122 valence electrons. The van der Waals surface area contributed by atoms with E-state index in [2.05, 4.69) is 31.5 Å². The number of hydrogen-bond acceptors (Lipinski definition) is 3. The number of amides is 1. The number of carbonyl (C=O) groups excluding carboxylic acids is 1. The fourth-order valence-electron chi connectivity index (χ4n) is 1.80. The van der Waals surface area contributed by atoms with Gasteiger partial charge in [0.15, 0.2) is 0 Å². The minimum Gasteiger partial charge on any atom is -0.385 e. The van der Waals surface area contributed by atoms with Crippen molar-refractivity contribution in [2.45, 2.75) is 6.42 Å². The lowest BCUT2D eigenvalue weighted by atomic mass is 10.1. The van der Waals surface area contributed by atoms with E-state index in [0.29, 0.717) is 12.1 Å². The van der Waals surface area contributed by atoms with Crippen LogP contribution in [0.15, 0.2) is 29.3 Å². The van der Waals surface area contributed by atoms with Crippen molar-refractivity contribution < 1.29 is 14.0 Å². The van der Waals surface area contributed by atoms with Crippen LogP contribution in [0.4, 0.5) is 0 Å². The molecule has 0 aromatic heterocycles. The first-order chi connectivity index (χ1) is 10.4. The molecule has 0 heterocycles. The van der Waals surface area contributed by atoms with Crippen LogP contribution in [0.2, 0.25) is 0 Å². The number of ether oxygens (including phenoxy) is 1. The molecule has 22 heavy (non-hydrogen) atoms. The molecule has 1 N–H and O–H groups in total. The van der Waals surface area contributed by atoms with Gasteiger partial charge in [0.1, 0.15) is 0 Å². The molecule has 0 saturated carbocycles. The van der Waals surface area contributed by atoms with E-state index in [1.807, 2.05) is 30.5 Å². The van der Waals surface area contributed by atoms with E-state index in [9.17, 15) is 4.79 Å². The molecular formula is C17H28N3O2+. The first-order valence-electron chi connectivity index (χ1n) is 7.60. The molecule has 0 aliphatic heterocycles. The van der Waals surface area contributed by atoms with E-state index in [0.717, 1.165) is 36.2 Å². The molecule has 0 aliphatic rings. The SMILES string of the molecule is COCCCN=Cc1ccc(C(=O)NCC[N+](C)(C)C)cc1. The largest absolute Gasteiger partial charge is 0.385 e. The molecule has 5 heteroatoms. The molecule has 1 aromatic carbocycles. The number of benzene rings is 1. The van der Waals surface area contributed by atoms with Gasteiger partial charge in [-0.15, -0.1) is 0 Å². The summed E-state index contributed by atoms with van der Waals surface area (Å²) in [6.45, 7) is 3.05. The summed E-state index contributed by atoms with van der Waals surface area (Å²) >= 11 is 0. The molecular weight excluding hydrogens is 278 g/mol. The molecule has 1 aromatic rings. The minimum atomic E-state index is -0.0305. The molecule has 0 unspecified atom stereocenters.